The zero-order chi connectivity index (χ0) is 14.4. The fourth-order valence-corrected chi connectivity index (χ4v) is 3.72. The van der Waals surface area contributed by atoms with Gasteiger partial charge in [0, 0.05) is 7.05 Å². The first-order chi connectivity index (χ1) is 9.67. The maximum absolute atomic E-state index is 12.0. The van der Waals surface area contributed by atoms with E-state index in [1.807, 2.05) is 0 Å². The van der Waals surface area contributed by atoms with E-state index < -0.39 is 5.54 Å². The summed E-state index contributed by atoms with van der Waals surface area (Å²) >= 11 is 2.76. The lowest BCUT2D eigenvalue weighted by Gasteiger charge is -2.31. The number of hydrogen-bond donors (Lipinski definition) is 2. The number of nitrogens with zero attached hydrogens (tertiary/aromatic N) is 3. The van der Waals surface area contributed by atoms with E-state index in [2.05, 4.69) is 26.9 Å². The van der Waals surface area contributed by atoms with Crippen molar-refractivity contribution in [3.63, 3.8) is 0 Å². The number of nitriles is 1. The van der Waals surface area contributed by atoms with Crippen molar-refractivity contribution in [2.45, 2.75) is 42.0 Å². The van der Waals surface area contributed by atoms with Crippen LogP contribution in [-0.2, 0) is 4.79 Å². The van der Waals surface area contributed by atoms with Crippen LogP contribution in [0.25, 0.3) is 0 Å². The minimum Gasteiger partial charge on any atom is -0.363 e. The summed E-state index contributed by atoms with van der Waals surface area (Å²) in [7, 11) is 1.78. The standard InChI is InChI=1S/C12H17N5OS2/c1-14-10-16-17-11(20-10)19-7-9(18)15-12(8-13)5-3-2-4-6-12/h2-7H2,1H3,(H,14,16)(H,15,18). The molecule has 1 saturated carbocycles. The molecule has 0 aliphatic heterocycles. The first-order valence-electron chi connectivity index (χ1n) is 6.54. The van der Waals surface area contributed by atoms with Crippen LogP contribution in [0.2, 0.25) is 0 Å². The molecule has 0 radical (unpaired) electrons. The van der Waals surface area contributed by atoms with Gasteiger partial charge in [0.15, 0.2) is 4.34 Å². The topological polar surface area (TPSA) is 90.7 Å². The molecule has 1 aliphatic carbocycles. The van der Waals surface area contributed by atoms with E-state index >= 15 is 0 Å². The number of hydrogen-bond acceptors (Lipinski definition) is 7. The third-order valence-corrected chi connectivity index (χ3v) is 5.32. The van der Waals surface area contributed by atoms with Gasteiger partial charge in [-0.25, -0.2) is 0 Å². The van der Waals surface area contributed by atoms with Crippen LogP contribution in [0.5, 0.6) is 0 Å². The zero-order valence-electron chi connectivity index (χ0n) is 11.3. The third kappa shape index (κ3) is 3.84. The highest BCUT2D eigenvalue weighted by atomic mass is 32.2. The van der Waals surface area contributed by atoms with Crippen LogP contribution in [0.3, 0.4) is 0 Å². The molecule has 8 heteroatoms. The van der Waals surface area contributed by atoms with Crippen LogP contribution in [0.4, 0.5) is 5.13 Å². The molecule has 6 nitrogen and oxygen atoms in total. The Morgan fingerprint density at radius 1 is 1.45 bits per heavy atom. The van der Waals surface area contributed by atoms with Crippen LogP contribution < -0.4 is 10.6 Å². The van der Waals surface area contributed by atoms with Crippen molar-refractivity contribution < 1.29 is 4.79 Å². The number of carbonyl (C=O) groups is 1. The van der Waals surface area contributed by atoms with Crippen molar-refractivity contribution in [1.82, 2.24) is 15.5 Å². The monoisotopic (exact) mass is 311 g/mol. The van der Waals surface area contributed by atoms with E-state index in [4.69, 9.17) is 0 Å². The quantitative estimate of drug-likeness (QED) is 0.808. The van der Waals surface area contributed by atoms with Gasteiger partial charge in [-0.3, -0.25) is 4.79 Å². The molecule has 20 heavy (non-hydrogen) atoms. The Morgan fingerprint density at radius 3 is 2.80 bits per heavy atom. The van der Waals surface area contributed by atoms with Crippen LogP contribution >= 0.6 is 23.1 Å². The van der Waals surface area contributed by atoms with Crippen LogP contribution in [0.15, 0.2) is 4.34 Å². The molecule has 2 rings (SSSR count). The molecule has 108 valence electrons. The SMILES string of the molecule is CNc1nnc(SCC(=O)NC2(C#N)CCCCC2)s1. The third-order valence-electron chi connectivity index (χ3n) is 3.25. The predicted octanol–water partition coefficient (Wildman–Crippen LogP) is 2.01. The average molecular weight is 311 g/mol. The maximum Gasteiger partial charge on any atom is 0.231 e. The van der Waals surface area contributed by atoms with Gasteiger partial charge in [0.2, 0.25) is 11.0 Å². The molecule has 0 saturated heterocycles. The van der Waals surface area contributed by atoms with E-state index in [9.17, 15) is 10.1 Å². The smallest absolute Gasteiger partial charge is 0.231 e. The fraction of sp³-hybridized carbons (Fsp3) is 0.667. The second-order valence-corrected chi connectivity index (χ2v) is 6.91. The number of amides is 1. The van der Waals surface area contributed by atoms with Gasteiger partial charge in [0.1, 0.15) is 5.54 Å². The van der Waals surface area contributed by atoms with Gasteiger partial charge in [-0.05, 0) is 12.8 Å². The van der Waals surface area contributed by atoms with Crippen molar-refractivity contribution >= 4 is 34.1 Å². The summed E-state index contributed by atoms with van der Waals surface area (Å²) < 4.78 is 0.749. The van der Waals surface area contributed by atoms with Gasteiger partial charge in [-0.15, -0.1) is 10.2 Å². The van der Waals surface area contributed by atoms with Gasteiger partial charge in [-0.2, -0.15) is 5.26 Å². The summed E-state index contributed by atoms with van der Waals surface area (Å²) in [5.41, 5.74) is -0.660. The summed E-state index contributed by atoms with van der Waals surface area (Å²) in [5.74, 6) is 0.154. The first kappa shape index (κ1) is 15.1. The Balaban J connectivity index is 1.84. The molecule has 1 amide bonds. The van der Waals surface area contributed by atoms with Gasteiger partial charge < -0.3 is 10.6 Å². The lowest BCUT2D eigenvalue weighted by Crippen LogP contribution is -2.49. The van der Waals surface area contributed by atoms with Crippen molar-refractivity contribution in [2.24, 2.45) is 0 Å². The summed E-state index contributed by atoms with van der Waals surface area (Å²) in [6.45, 7) is 0. The predicted molar refractivity (Wildman–Crippen MR) is 79.8 cm³/mol. The maximum atomic E-state index is 12.0. The van der Waals surface area contributed by atoms with Gasteiger partial charge in [0.25, 0.3) is 0 Å². The number of thioether (sulfide) groups is 1. The van der Waals surface area contributed by atoms with Crippen LogP contribution in [0.1, 0.15) is 32.1 Å². The molecule has 0 aromatic carbocycles. The molecule has 1 heterocycles. The number of aromatic nitrogens is 2. The van der Waals surface area contributed by atoms with E-state index in [1.54, 1.807) is 7.05 Å². The van der Waals surface area contributed by atoms with Crippen molar-refractivity contribution in [3.05, 3.63) is 0 Å². The minimum atomic E-state index is -0.660. The highest BCUT2D eigenvalue weighted by Gasteiger charge is 2.33. The summed E-state index contributed by atoms with van der Waals surface area (Å²) in [4.78, 5) is 12.0. The molecule has 1 aromatic rings. The van der Waals surface area contributed by atoms with E-state index in [0.29, 0.717) is 0 Å². The highest BCUT2D eigenvalue weighted by Crippen LogP contribution is 2.28. The van der Waals surface area contributed by atoms with Crippen molar-refractivity contribution in [1.29, 1.82) is 5.26 Å². The summed E-state index contributed by atoms with van der Waals surface area (Å²) in [5, 5.41) is 23.7. The number of nitrogens with one attached hydrogen (secondary N) is 2. The fourth-order valence-electron chi connectivity index (χ4n) is 2.22. The molecule has 0 bridgehead atoms. The molecule has 0 spiro atoms. The van der Waals surface area contributed by atoms with Crippen LogP contribution in [-0.4, -0.2) is 34.4 Å². The minimum absolute atomic E-state index is 0.111. The average Bonchev–Trinajstić information content (AvgIpc) is 2.94. The number of carbonyl (C=O) groups excluding carboxylic acids is 1. The van der Waals surface area contributed by atoms with E-state index in [-0.39, 0.29) is 11.7 Å². The highest BCUT2D eigenvalue weighted by molar-refractivity contribution is 8.01. The molecule has 1 aliphatic rings. The Morgan fingerprint density at radius 2 is 2.20 bits per heavy atom. The zero-order valence-corrected chi connectivity index (χ0v) is 12.9. The van der Waals surface area contributed by atoms with E-state index in [0.717, 1.165) is 41.6 Å². The normalized spacial score (nSPS) is 17.2. The second-order valence-electron chi connectivity index (χ2n) is 4.71. The van der Waals surface area contributed by atoms with Gasteiger partial charge in [0.05, 0.1) is 11.8 Å². The number of anilines is 1. The summed E-state index contributed by atoms with van der Waals surface area (Å²) in [6.07, 6.45) is 4.66. The van der Waals surface area contributed by atoms with E-state index in [1.165, 1.54) is 23.1 Å². The van der Waals surface area contributed by atoms with Gasteiger partial charge >= 0.3 is 0 Å². The largest absolute Gasteiger partial charge is 0.363 e. The van der Waals surface area contributed by atoms with Crippen molar-refractivity contribution in [3.8, 4) is 6.07 Å². The lowest BCUT2D eigenvalue weighted by molar-refractivity contribution is -0.120. The Kier molecular flexibility index (Phi) is 5.20. The lowest BCUT2D eigenvalue weighted by atomic mass is 9.83. The second kappa shape index (κ2) is 6.90. The van der Waals surface area contributed by atoms with Crippen LogP contribution in [0, 0.1) is 11.3 Å². The summed E-state index contributed by atoms with van der Waals surface area (Å²) in [6, 6.07) is 2.28. The molecule has 1 fully saturated rings. The Hall–Kier alpha value is -1.33. The molecule has 0 atom stereocenters. The molecular formula is C12H17N5OS2. The molecular weight excluding hydrogens is 294 g/mol. The Bertz CT molecular complexity index is 504. The molecule has 2 N–H and O–H groups in total. The number of rotatable bonds is 5. The first-order valence-corrected chi connectivity index (χ1v) is 8.34. The Labute approximate surface area is 126 Å². The van der Waals surface area contributed by atoms with Crippen molar-refractivity contribution in [2.75, 3.05) is 18.1 Å². The molecule has 0 unspecified atom stereocenters. The molecule has 1 aromatic heterocycles. The van der Waals surface area contributed by atoms with Gasteiger partial charge in [-0.1, -0.05) is 42.4 Å².